The lowest BCUT2D eigenvalue weighted by molar-refractivity contribution is 0.276. The van der Waals surface area contributed by atoms with Gasteiger partial charge in [0.15, 0.2) is 0 Å². The van der Waals surface area contributed by atoms with Crippen LogP contribution in [0.2, 0.25) is 0 Å². The first kappa shape index (κ1) is 15.5. The van der Waals surface area contributed by atoms with Crippen molar-refractivity contribution in [2.24, 2.45) is 0 Å². The van der Waals surface area contributed by atoms with Crippen molar-refractivity contribution in [1.29, 1.82) is 0 Å². The molecule has 0 atom stereocenters. The van der Waals surface area contributed by atoms with Crippen molar-refractivity contribution in [2.45, 2.75) is 45.7 Å². The molecule has 2 N–H and O–H groups in total. The van der Waals surface area contributed by atoms with E-state index in [-0.39, 0.29) is 12.0 Å². The predicted molar refractivity (Wildman–Crippen MR) is 84.2 cm³/mol. The van der Waals surface area contributed by atoms with Gasteiger partial charge in [-0.05, 0) is 29.5 Å². The fourth-order valence-electron chi connectivity index (χ4n) is 2.04. The molecule has 114 valence electrons. The number of hydrogen-bond acceptors (Lipinski definition) is 4. The van der Waals surface area contributed by atoms with Crippen LogP contribution in [0.15, 0.2) is 30.5 Å². The number of hydrogen-bond donors (Lipinski definition) is 2. The fourth-order valence-corrected chi connectivity index (χ4v) is 2.04. The SMILES string of the molecule is CC(C)(C)c1ccc(NCc2cn(CCCO)nn2)cc1. The summed E-state index contributed by atoms with van der Waals surface area (Å²) in [6.07, 6.45) is 2.61. The lowest BCUT2D eigenvalue weighted by Gasteiger charge is -2.19. The molecular weight excluding hydrogens is 264 g/mol. The zero-order valence-electron chi connectivity index (χ0n) is 13.0. The second-order valence-corrected chi connectivity index (χ2v) is 6.23. The second kappa shape index (κ2) is 6.72. The number of anilines is 1. The molecule has 0 fully saturated rings. The van der Waals surface area contributed by atoms with Crippen molar-refractivity contribution in [1.82, 2.24) is 15.0 Å². The van der Waals surface area contributed by atoms with Crippen LogP contribution >= 0.6 is 0 Å². The Morgan fingerprint density at radius 1 is 1.19 bits per heavy atom. The lowest BCUT2D eigenvalue weighted by Crippen LogP contribution is -2.10. The molecule has 1 aromatic heterocycles. The third-order valence-electron chi connectivity index (χ3n) is 3.36. The van der Waals surface area contributed by atoms with Crippen LogP contribution in [0.25, 0.3) is 0 Å². The Morgan fingerprint density at radius 2 is 1.90 bits per heavy atom. The third kappa shape index (κ3) is 4.56. The summed E-state index contributed by atoms with van der Waals surface area (Å²) in [4.78, 5) is 0. The van der Waals surface area contributed by atoms with Gasteiger partial charge in [-0.1, -0.05) is 38.1 Å². The van der Waals surface area contributed by atoms with E-state index in [0.29, 0.717) is 19.5 Å². The van der Waals surface area contributed by atoms with Gasteiger partial charge in [-0.25, -0.2) is 0 Å². The summed E-state index contributed by atoms with van der Waals surface area (Å²) in [5.41, 5.74) is 3.47. The first-order valence-corrected chi connectivity index (χ1v) is 7.33. The van der Waals surface area contributed by atoms with Gasteiger partial charge in [-0.3, -0.25) is 4.68 Å². The maximum atomic E-state index is 8.79. The highest BCUT2D eigenvalue weighted by atomic mass is 16.3. The summed E-state index contributed by atoms with van der Waals surface area (Å²) in [5.74, 6) is 0. The number of aliphatic hydroxyl groups is 1. The minimum atomic E-state index is 0.174. The Labute approximate surface area is 126 Å². The summed E-state index contributed by atoms with van der Waals surface area (Å²) in [6.45, 7) is 8.14. The van der Waals surface area contributed by atoms with E-state index in [9.17, 15) is 0 Å². The van der Waals surface area contributed by atoms with Crippen LogP contribution < -0.4 is 5.32 Å². The molecule has 0 radical (unpaired) electrons. The van der Waals surface area contributed by atoms with Gasteiger partial charge in [-0.2, -0.15) is 0 Å². The molecule has 21 heavy (non-hydrogen) atoms. The first-order valence-electron chi connectivity index (χ1n) is 7.33. The van der Waals surface area contributed by atoms with Gasteiger partial charge in [0.1, 0.15) is 5.69 Å². The first-order chi connectivity index (χ1) is 9.99. The van der Waals surface area contributed by atoms with Gasteiger partial charge in [-0.15, -0.1) is 5.10 Å². The van der Waals surface area contributed by atoms with Gasteiger partial charge in [0.05, 0.1) is 12.7 Å². The average molecular weight is 288 g/mol. The standard InChI is InChI=1S/C16H24N4O/c1-16(2,3)13-5-7-14(8-6-13)17-11-15-12-20(19-18-15)9-4-10-21/h5-8,12,17,21H,4,9-11H2,1-3H3. The molecule has 0 amide bonds. The zero-order valence-corrected chi connectivity index (χ0v) is 13.0. The van der Waals surface area contributed by atoms with E-state index in [4.69, 9.17) is 5.11 Å². The molecule has 2 aromatic rings. The number of aliphatic hydroxyl groups excluding tert-OH is 1. The van der Waals surface area contributed by atoms with E-state index >= 15 is 0 Å². The molecule has 0 spiro atoms. The van der Waals surface area contributed by atoms with Gasteiger partial charge in [0.25, 0.3) is 0 Å². The number of aromatic nitrogens is 3. The molecule has 0 bridgehead atoms. The molecule has 0 aliphatic carbocycles. The topological polar surface area (TPSA) is 63.0 Å². The summed E-state index contributed by atoms with van der Waals surface area (Å²) < 4.78 is 1.76. The lowest BCUT2D eigenvalue weighted by atomic mass is 9.87. The van der Waals surface area contributed by atoms with Crippen LogP contribution in [0.3, 0.4) is 0 Å². The molecule has 0 saturated heterocycles. The molecule has 5 heteroatoms. The summed E-state index contributed by atoms with van der Waals surface area (Å²) in [5, 5.41) is 20.3. The molecule has 0 saturated carbocycles. The quantitative estimate of drug-likeness (QED) is 0.857. The molecule has 0 aliphatic rings. The minimum absolute atomic E-state index is 0.174. The van der Waals surface area contributed by atoms with E-state index in [0.717, 1.165) is 11.4 Å². The van der Waals surface area contributed by atoms with Crippen LogP contribution in [0, 0.1) is 0 Å². The summed E-state index contributed by atoms with van der Waals surface area (Å²) in [7, 11) is 0. The Bertz CT molecular complexity index is 554. The largest absolute Gasteiger partial charge is 0.396 e. The Kier molecular flexibility index (Phi) is 4.96. The van der Waals surface area contributed by atoms with E-state index in [1.807, 2.05) is 6.20 Å². The smallest absolute Gasteiger partial charge is 0.102 e. The van der Waals surface area contributed by atoms with E-state index in [2.05, 4.69) is 60.7 Å². The molecule has 0 unspecified atom stereocenters. The number of nitrogens with one attached hydrogen (secondary N) is 1. The van der Waals surface area contributed by atoms with Crippen LogP contribution in [0.5, 0.6) is 0 Å². The number of nitrogens with zero attached hydrogens (tertiary/aromatic N) is 3. The van der Waals surface area contributed by atoms with Gasteiger partial charge < -0.3 is 10.4 Å². The highest BCUT2D eigenvalue weighted by Gasteiger charge is 2.12. The highest BCUT2D eigenvalue weighted by Crippen LogP contribution is 2.23. The van der Waals surface area contributed by atoms with Crippen molar-refractivity contribution < 1.29 is 5.11 Å². The Hall–Kier alpha value is -1.88. The zero-order chi connectivity index (χ0) is 15.3. The summed E-state index contributed by atoms with van der Waals surface area (Å²) in [6, 6.07) is 8.49. The normalized spacial score (nSPS) is 11.6. The van der Waals surface area contributed by atoms with E-state index < -0.39 is 0 Å². The van der Waals surface area contributed by atoms with Crippen LogP contribution in [0.4, 0.5) is 5.69 Å². The molecule has 0 aliphatic heterocycles. The van der Waals surface area contributed by atoms with Gasteiger partial charge in [0, 0.05) is 18.8 Å². The van der Waals surface area contributed by atoms with Crippen LogP contribution in [-0.2, 0) is 18.5 Å². The van der Waals surface area contributed by atoms with Crippen LogP contribution in [0.1, 0.15) is 38.4 Å². The maximum absolute atomic E-state index is 8.79. The van der Waals surface area contributed by atoms with Crippen molar-refractivity contribution in [2.75, 3.05) is 11.9 Å². The van der Waals surface area contributed by atoms with Gasteiger partial charge >= 0.3 is 0 Å². The van der Waals surface area contributed by atoms with Crippen molar-refractivity contribution in [3.05, 3.63) is 41.7 Å². The summed E-state index contributed by atoms with van der Waals surface area (Å²) >= 11 is 0. The maximum Gasteiger partial charge on any atom is 0.102 e. The second-order valence-electron chi connectivity index (χ2n) is 6.23. The fraction of sp³-hybridized carbons (Fsp3) is 0.500. The highest BCUT2D eigenvalue weighted by molar-refractivity contribution is 5.45. The molecule has 2 rings (SSSR count). The Balaban J connectivity index is 1.89. The van der Waals surface area contributed by atoms with Crippen molar-refractivity contribution in [3.63, 3.8) is 0 Å². The number of benzene rings is 1. The van der Waals surface area contributed by atoms with E-state index in [1.165, 1.54) is 5.56 Å². The Morgan fingerprint density at radius 3 is 2.52 bits per heavy atom. The molecule has 5 nitrogen and oxygen atoms in total. The monoisotopic (exact) mass is 288 g/mol. The predicted octanol–water partition coefficient (Wildman–Crippen LogP) is 2.57. The van der Waals surface area contributed by atoms with Crippen molar-refractivity contribution in [3.8, 4) is 0 Å². The number of aryl methyl sites for hydroxylation is 1. The molecule has 1 heterocycles. The van der Waals surface area contributed by atoms with Crippen molar-refractivity contribution >= 4 is 5.69 Å². The average Bonchev–Trinajstić information content (AvgIpc) is 2.90. The van der Waals surface area contributed by atoms with Crippen LogP contribution in [-0.4, -0.2) is 26.7 Å². The van der Waals surface area contributed by atoms with Gasteiger partial charge in [0.2, 0.25) is 0 Å². The minimum Gasteiger partial charge on any atom is -0.396 e. The molecular formula is C16H24N4O. The molecule has 1 aromatic carbocycles. The number of rotatable bonds is 6. The van der Waals surface area contributed by atoms with E-state index in [1.54, 1.807) is 4.68 Å². The third-order valence-corrected chi connectivity index (χ3v) is 3.36.